The van der Waals surface area contributed by atoms with Crippen molar-refractivity contribution in [2.45, 2.75) is 57.5 Å². The second-order valence-corrected chi connectivity index (χ2v) is 10.0. The number of fused-ring (bicyclic) bond motifs is 3. The monoisotopic (exact) mass is 483 g/mol. The number of aryl methyl sites for hydroxylation is 2. The van der Waals surface area contributed by atoms with Gasteiger partial charge >= 0.3 is 0 Å². The average Bonchev–Trinajstić information content (AvgIpc) is 3.25. The molecule has 1 saturated heterocycles. The first-order valence-corrected chi connectivity index (χ1v) is 12.4. The summed E-state index contributed by atoms with van der Waals surface area (Å²) in [5.74, 6) is -1.23. The fourth-order valence-electron chi connectivity index (χ4n) is 6.09. The normalized spacial score (nSPS) is 25.9. The summed E-state index contributed by atoms with van der Waals surface area (Å²) in [5, 5.41) is 8.29. The zero-order chi connectivity index (χ0) is 24.1. The van der Waals surface area contributed by atoms with Gasteiger partial charge in [-0.3, -0.25) is 0 Å². The Balaban J connectivity index is 1.24. The van der Waals surface area contributed by atoms with Gasteiger partial charge in [0.25, 0.3) is 0 Å². The van der Waals surface area contributed by atoms with Crippen molar-refractivity contribution in [1.82, 2.24) is 24.7 Å². The van der Waals surface area contributed by atoms with E-state index in [1.807, 2.05) is 13.0 Å². The Hall–Kier alpha value is -3.17. The van der Waals surface area contributed by atoms with Crippen LogP contribution in [0.4, 0.5) is 24.9 Å². The lowest BCUT2D eigenvalue weighted by Crippen LogP contribution is -2.48. The van der Waals surface area contributed by atoms with E-state index < -0.39 is 23.4 Å². The molecule has 0 spiro atoms. The van der Waals surface area contributed by atoms with Crippen LogP contribution in [0.2, 0.25) is 0 Å². The number of piperidine rings is 1. The molecule has 1 aliphatic carbocycles. The standard InChI is InChI=1S/C25H28F3N7/c1-14-10-20(30-13-29-14)34-11-15-5-6-16(12-34)23(15)31-25-32-24-18(4-2-3-9-35(24)33-25)17-7-8-19(26)22(28)21(17)27/h7-8,10,13,15-16,18,23H,2-6,9,11-12H2,1H3,(H,31,33)/t15-,16+,18?,23-. The number of benzene rings is 1. The molecule has 2 aliphatic heterocycles. The fourth-order valence-corrected chi connectivity index (χ4v) is 6.09. The summed E-state index contributed by atoms with van der Waals surface area (Å²) in [4.78, 5) is 15.8. The van der Waals surface area contributed by atoms with Crippen LogP contribution in [0.25, 0.3) is 0 Å². The minimum Gasteiger partial charge on any atom is -0.356 e. The second-order valence-electron chi connectivity index (χ2n) is 10.0. The third-order valence-electron chi connectivity index (χ3n) is 7.81. The van der Waals surface area contributed by atoms with Crippen molar-refractivity contribution >= 4 is 11.8 Å². The van der Waals surface area contributed by atoms with Gasteiger partial charge in [0.05, 0.1) is 0 Å². The topological polar surface area (TPSA) is 71.8 Å². The Kier molecular flexibility index (Phi) is 5.61. The van der Waals surface area contributed by atoms with Crippen molar-refractivity contribution in [3.63, 3.8) is 0 Å². The summed E-state index contributed by atoms with van der Waals surface area (Å²) >= 11 is 0. The van der Waals surface area contributed by atoms with E-state index in [0.717, 1.165) is 56.4 Å². The lowest BCUT2D eigenvalue weighted by molar-refractivity contribution is 0.374. The van der Waals surface area contributed by atoms with Gasteiger partial charge in [-0.2, -0.15) is 4.98 Å². The van der Waals surface area contributed by atoms with E-state index in [4.69, 9.17) is 10.1 Å². The summed E-state index contributed by atoms with van der Waals surface area (Å²) in [5.41, 5.74) is 1.10. The summed E-state index contributed by atoms with van der Waals surface area (Å²) in [6.45, 7) is 4.45. The van der Waals surface area contributed by atoms with Crippen LogP contribution < -0.4 is 10.2 Å². The van der Waals surface area contributed by atoms with Gasteiger partial charge in [-0.15, -0.1) is 5.10 Å². The zero-order valence-electron chi connectivity index (χ0n) is 19.6. The lowest BCUT2D eigenvalue weighted by Gasteiger charge is -2.38. The van der Waals surface area contributed by atoms with Crippen LogP contribution in [0.1, 0.15) is 55.1 Å². The largest absolute Gasteiger partial charge is 0.356 e. The predicted octanol–water partition coefficient (Wildman–Crippen LogP) is 4.44. The molecular weight excluding hydrogens is 455 g/mol. The third-order valence-corrected chi connectivity index (χ3v) is 7.81. The van der Waals surface area contributed by atoms with Gasteiger partial charge < -0.3 is 10.2 Å². The number of hydrogen-bond donors (Lipinski definition) is 1. The van der Waals surface area contributed by atoms with Crippen molar-refractivity contribution in [2.24, 2.45) is 11.8 Å². The zero-order valence-corrected chi connectivity index (χ0v) is 19.6. The van der Waals surface area contributed by atoms with Crippen LogP contribution in [0.15, 0.2) is 24.5 Å². The number of halogens is 3. The highest BCUT2D eigenvalue weighted by molar-refractivity contribution is 5.42. The SMILES string of the molecule is Cc1cc(N2C[C@H]3CC[C@@H](C2)[C@@H]3Nc2nc3n(n2)CCCCC3c2ccc(F)c(F)c2F)ncn1. The molecule has 2 bridgehead atoms. The molecule has 1 unspecified atom stereocenters. The molecule has 7 nitrogen and oxygen atoms in total. The summed E-state index contributed by atoms with van der Waals surface area (Å²) in [6, 6.07) is 4.60. The van der Waals surface area contributed by atoms with E-state index in [1.165, 1.54) is 6.07 Å². The predicted molar refractivity (Wildman–Crippen MR) is 125 cm³/mol. The Bertz CT molecular complexity index is 1230. The first-order valence-electron chi connectivity index (χ1n) is 12.4. The van der Waals surface area contributed by atoms with Crippen LogP contribution in [0, 0.1) is 36.2 Å². The minimum atomic E-state index is -1.43. The number of nitrogens with one attached hydrogen (secondary N) is 1. The molecule has 0 radical (unpaired) electrons. The Labute approximate surface area is 201 Å². The minimum absolute atomic E-state index is 0.138. The van der Waals surface area contributed by atoms with Crippen LogP contribution in [-0.2, 0) is 6.54 Å². The van der Waals surface area contributed by atoms with Crippen molar-refractivity contribution in [3.05, 3.63) is 59.1 Å². The fraction of sp³-hybridized carbons (Fsp3) is 0.520. The Morgan fingerprint density at radius 2 is 1.77 bits per heavy atom. The van der Waals surface area contributed by atoms with E-state index in [2.05, 4.69) is 20.2 Å². The molecule has 4 atom stereocenters. The van der Waals surface area contributed by atoms with Crippen LogP contribution in [0.3, 0.4) is 0 Å². The molecule has 6 rings (SSSR count). The molecular formula is C25H28F3N7. The first-order chi connectivity index (χ1) is 17.0. The highest BCUT2D eigenvalue weighted by Gasteiger charge is 2.43. The maximum absolute atomic E-state index is 14.7. The second kappa shape index (κ2) is 8.80. The Morgan fingerprint density at radius 3 is 2.54 bits per heavy atom. The summed E-state index contributed by atoms with van der Waals surface area (Å²) < 4.78 is 44.0. The van der Waals surface area contributed by atoms with Gasteiger partial charge in [-0.25, -0.2) is 27.8 Å². The highest BCUT2D eigenvalue weighted by atomic mass is 19.2. The first kappa shape index (κ1) is 22.3. The molecule has 4 heterocycles. The van der Waals surface area contributed by atoms with Crippen molar-refractivity contribution in [1.29, 1.82) is 0 Å². The molecule has 0 amide bonds. The molecule has 3 aromatic rings. The molecule has 184 valence electrons. The van der Waals surface area contributed by atoms with Crippen molar-refractivity contribution in [2.75, 3.05) is 23.3 Å². The summed E-state index contributed by atoms with van der Waals surface area (Å²) in [7, 11) is 0. The van der Waals surface area contributed by atoms with Gasteiger partial charge in [-0.1, -0.05) is 12.5 Å². The number of hydrogen-bond acceptors (Lipinski definition) is 6. The van der Waals surface area contributed by atoms with E-state index in [-0.39, 0.29) is 11.6 Å². The smallest absolute Gasteiger partial charge is 0.242 e. The van der Waals surface area contributed by atoms with E-state index in [9.17, 15) is 13.2 Å². The van der Waals surface area contributed by atoms with E-state index >= 15 is 0 Å². The highest BCUT2D eigenvalue weighted by Crippen LogP contribution is 2.40. The van der Waals surface area contributed by atoms with Crippen LogP contribution in [-0.4, -0.2) is 43.9 Å². The molecule has 2 aromatic heterocycles. The lowest BCUT2D eigenvalue weighted by atomic mass is 9.92. The maximum Gasteiger partial charge on any atom is 0.242 e. The number of anilines is 2. The molecule has 1 aromatic carbocycles. The molecule has 1 N–H and O–H groups in total. The van der Waals surface area contributed by atoms with Crippen LogP contribution in [0.5, 0.6) is 0 Å². The summed E-state index contributed by atoms with van der Waals surface area (Å²) in [6.07, 6.45) is 6.19. The van der Waals surface area contributed by atoms with Gasteiger partial charge in [0.15, 0.2) is 17.5 Å². The maximum atomic E-state index is 14.7. The van der Waals surface area contributed by atoms with Crippen molar-refractivity contribution < 1.29 is 13.2 Å². The van der Waals surface area contributed by atoms with Crippen molar-refractivity contribution in [3.8, 4) is 0 Å². The van der Waals surface area contributed by atoms with Crippen LogP contribution >= 0.6 is 0 Å². The van der Waals surface area contributed by atoms with E-state index in [0.29, 0.717) is 36.6 Å². The van der Waals surface area contributed by atoms with Gasteiger partial charge in [0, 0.05) is 48.9 Å². The van der Waals surface area contributed by atoms with Gasteiger partial charge in [0.1, 0.15) is 18.0 Å². The molecule has 3 aliphatic rings. The number of nitrogens with zero attached hydrogens (tertiary/aromatic N) is 6. The molecule has 35 heavy (non-hydrogen) atoms. The molecule has 1 saturated carbocycles. The average molecular weight is 484 g/mol. The number of rotatable bonds is 4. The van der Waals surface area contributed by atoms with Gasteiger partial charge in [0.2, 0.25) is 5.95 Å². The molecule has 10 heteroatoms. The van der Waals surface area contributed by atoms with E-state index in [1.54, 1.807) is 11.0 Å². The number of aromatic nitrogens is 5. The Morgan fingerprint density at radius 1 is 0.971 bits per heavy atom. The third kappa shape index (κ3) is 4.02. The van der Waals surface area contributed by atoms with Gasteiger partial charge in [-0.05, 0) is 50.5 Å². The molecule has 2 fully saturated rings. The quantitative estimate of drug-likeness (QED) is 0.554.